The molecule has 1 aromatic rings. The summed E-state index contributed by atoms with van der Waals surface area (Å²) < 4.78 is 5.50. The predicted molar refractivity (Wildman–Crippen MR) is 61.1 cm³/mol. The highest BCUT2D eigenvalue weighted by atomic mass is 16.6. The van der Waals surface area contributed by atoms with Crippen LogP contribution < -0.4 is 0 Å². The van der Waals surface area contributed by atoms with Gasteiger partial charge in [0.05, 0.1) is 12.7 Å². The van der Waals surface area contributed by atoms with Crippen LogP contribution in [0.2, 0.25) is 0 Å². The van der Waals surface area contributed by atoms with Crippen molar-refractivity contribution in [2.24, 2.45) is 5.16 Å². The molecule has 0 radical (unpaired) electrons. The molecule has 0 bridgehead atoms. The molecular weight excluding hydrogens is 190 g/mol. The van der Waals surface area contributed by atoms with Crippen molar-refractivity contribution in [1.29, 1.82) is 0 Å². The van der Waals surface area contributed by atoms with Crippen molar-refractivity contribution in [2.75, 3.05) is 13.7 Å². The van der Waals surface area contributed by atoms with Crippen molar-refractivity contribution >= 4 is 5.71 Å². The fraction of sp³-hybridized carbons (Fsp3) is 0.417. The van der Waals surface area contributed by atoms with Crippen molar-refractivity contribution in [3.05, 3.63) is 35.9 Å². The summed E-state index contributed by atoms with van der Waals surface area (Å²) in [7, 11) is 1.54. The Hall–Kier alpha value is -1.35. The number of nitrogens with zero attached hydrogens (tertiary/aromatic N) is 1. The second-order valence-corrected chi connectivity index (χ2v) is 3.45. The standard InChI is InChI=1S/C12H17NO2/c1-10(2)15-9-12(13-14-3)11-7-5-4-6-8-11/h4-8,10H,9H2,1-3H3/b13-12+. The van der Waals surface area contributed by atoms with E-state index in [4.69, 9.17) is 9.57 Å². The second-order valence-electron chi connectivity index (χ2n) is 3.45. The summed E-state index contributed by atoms with van der Waals surface area (Å²) in [5, 5.41) is 3.96. The lowest BCUT2D eigenvalue weighted by molar-refractivity contribution is 0.107. The van der Waals surface area contributed by atoms with Crippen molar-refractivity contribution < 1.29 is 9.57 Å². The lowest BCUT2D eigenvalue weighted by Crippen LogP contribution is -2.14. The Morgan fingerprint density at radius 1 is 1.27 bits per heavy atom. The van der Waals surface area contributed by atoms with E-state index < -0.39 is 0 Å². The summed E-state index contributed by atoms with van der Waals surface area (Å²) in [5.74, 6) is 0. The monoisotopic (exact) mass is 207 g/mol. The Bertz CT molecular complexity index is 307. The molecule has 0 aromatic heterocycles. The average Bonchev–Trinajstić information content (AvgIpc) is 2.25. The number of hydrogen-bond donors (Lipinski definition) is 0. The normalized spacial score (nSPS) is 11.9. The van der Waals surface area contributed by atoms with E-state index in [2.05, 4.69) is 5.16 Å². The highest BCUT2D eigenvalue weighted by Crippen LogP contribution is 2.03. The van der Waals surface area contributed by atoms with Gasteiger partial charge in [-0.05, 0) is 13.8 Å². The van der Waals surface area contributed by atoms with Gasteiger partial charge in [0.1, 0.15) is 12.8 Å². The van der Waals surface area contributed by atoms with E-state index in [1.165, 1.54) is 7.11 Å². The maximum atomic E-state index is 5.50. The Morgan fingerprint density at radius 2 is 1.93 bits per heavy atom. The van der Waals surface area contributed by atoms with Crippen LogP contribution in [0, 0.1) is 0 Å². The van der Waals surface area contributed by atoms with E-state index in [0.717, 1.165) is 11.3 Å². The third kappa shape index (κ3) is 4.13. The van der Waals surface area contributed by atoms with Gasteiger partial charge in [0, 0.05) is 5.56 Å². The molecule has 82 valence electrons. The minimum Gasteiger partial charge on any atom is -0.399 e. The summed E-state index contributed by atoms with van der Waals surface area (Å²) in [6, 6.07) is 9.88. The van der Waals surface area contributed by atoms with Crippen LogP contribution in [0.15, 0.2) is 35.5 Å². The van der Waals surface area contributed by atoms with E-state index in [1.807, 2.05) is 44.2 Å². The smallest absolute Gasteiger partial charge is 0.113 e. The predicted octanol–water partition coefficient (Wildman–Crippen LogP) is 2.46. The maximum absolute atomic E-state index is 5.50. The molecule has 0 fully saturated rings. The molecule has 0 heterocycles. The highest BCUT2D eigenvalue weighted by Gasteiger charge is 2.05. The van der Waals surface area contributed by atoms with E-state index in [0.29, 0.717) is 6.61 Å². The third-order valence-corrected chi connectivity index (χ3v) is 1.86. The lowest BCUT2D eigenvalue weighted by Gasteiger charge is -2.09. The molecule has 0 N–H and O–H groups in total. The molecule has 15 heavy (non-hydrogen) atoms. The van der Waals surface area contributed by atoms with E-state index >= 15 is 0 Å². The fourth-order valence-corrected chi connectivity index (χ4v) is 1.15. The van der Waals surface area contributed by atoms with Crippen LogP contribution in [-0.2, 0) is 9.57 Å². The van der Waals surface area contributed by atoms with Crippen LogP contribution in [0.25, 0.3) is 0 Å². The molecule has 0 unspecified atom stereocenters. The van der Waals surface area contributed by atoms with Crippen LogP contribution in [0.4, 0.5) is 0 Å². The largest absolute Gasteiger partial charge is 0.399 e. The van der Waals surface area contributed by atoms with Crippen molar-refractivity contribution in [2.45, 2.75) is 20.0 Å². The number of benzene rings is 1. The third-order valence-electron chi connectivity index (χ3n) is 1.86. The summed E-state index contributed by atoms with van der Waals surface area (Å²) in [5.41, 5.74) is 1.84. The molecule has 3 heteroatoms. The van der Waals surface area contributed by atoms with Gasteiger partial charge in [0.15, 0.2) is 0 Å². The number of rotatable bonds is 5. The zero-order chi connectivity index (χ0) is 11.1. The first-order chi connectivity index (χ1) is 7.24. The number of ether oxygens (including phenoxy) is 1. The summed E-state index contributed by atoms with van der Waals surface area (Å²) >= 11 is 0. The Morgan fingerprint density at radius 3 is 2.47 bits per heavy atom. The van der Waals surface area contributed by atoms with Gasteiger partial charge in [-0.15, -0.1) is 0 Å². The number of oxime groups is 1. The first kappa shape index (κ1) is 11.7. The SMILES string of the molecule is CO/N=C(\COC(C)C)c1ccccc1. The van der Waals surface area contributed by atoms with E-state index in [1.54, 1.807) is 0 Å². The molecule has 0 aliphatic heterocycles. The minimum absolute atomic E-state index is 0.191. The first-order valence-electron chi connectivity index (χ1n) is 5.01. The van der Waals surface area contributed by atoms with E-state index in [9.17, 15) is 0 Å². The second kappa shape index (κ2) is 6.19. The maximum Gasteiger partial charge on any atom is 0.113 e. The highest BCUT2D eigenvalue weighted by molar-refractivity contribution is 6.01. The van der Waals surface area contributed by atoms with Gasteiger partial charge in [-0.1, -0.05) is 35.5 Å². The van der Waals surface area contributed by atoms with Gasteiger partial charge < -0.3 is 9.57 Å². The molecule has 0 saturated carbocycles. The van der Waals surface area contributed by atoms with Crippen molar-refractivity contribution in [3.63, 3.8) is 0 Å². The van der Waals surface area contributed by atoms with Gasteiger partial charge in [-0.2, -0.15) is 0 Å². The zero-order valence-electron chi connectivity index (χ0n) is 9.43. The molecule has 0 atom stereocenters. The Kier molecular flexibility index (Phi) is 4.84. The van der Waals surface area contributed by atoms with Crippen LogP contribution in [-0.4, -0.2) is 25.5 Å². The molecule has 3 nitrogen and oxygen atoms in total. The Balaban J connectivity index is 2.71. The summed E-state index contributed by atoms with van der Waals surface area (Å²) in [6.07, 6.45) is 0.191. The molecule has 0 saturated heterocycles. The fourth-order valence-electron chi connectivity index (χ4n) is 1.15. The van der Waals surface area contributed by atoms with E-state index in [-0.39, 0.29) is 6.10 Å². The topological polar surface area (TPSA) is 30.8 Å². The van der Waals surface area contributed by atoms with Gasteiger partial charge in [0.25, 0.3) is 0 Å². The van der Waals surface area contributed by atoms with Crippen LogP contribution in [0.5, 0.6) is 0 Å². The first-order valence-corrected chi connectivity index (χ1v) is 5.01. The zero-order valence-corrected chi connectivity index (χ0v) is 9.43. The van der Waals surface area contributed by atoms with Crippen molar-refractivity contribution in [3.8, 4) is 0 Å². The minimum atomic E-state index is 0.191. The molecule has 1 aromatic carbocycles. The van der Waals surface area contributed by atoms with Crippen LogP contribution in [0.3, 0.4) is 0 Å². The van der Waals surface area contributed by atoms with Gasteiger partial charge in [0.2, 0.25) is 0 Å². The lowest BCUT2D eigenvalue weighted by atomic mass is 10.1. The van der Waals surface area contributed by atoms with Crippen LogP contribution in [0.1, 0.15) is 19.4 Å². The molecule has 0 amide bonds. The van der Waals surface area contributed by atoms with Gasteiger partial charge >= 0.3 is 0 Å². The quantitative estimate of drug-likeness (QED) is 0.548. The van der Waals surface area contributed by atoms with Crippen molar-refractivity contribution in [1.82, 2.24) is 0 Å². The van der Waals surface area contributed by atoms with Gasteiger partial charge in [-0.3, -0.25) is 0 Å². The molecular formula is C12H17NO2. The average molecular weight is 207 g/mol. The molecule has 0 spiro atoms. The molecule has 1 rings (SSSR count). The van der Waals surface area contributed by atoms with Crippen LogP contribution >= 0.6 is 0 Å². The van der Waals surface area contributed by atoms with Gasteiger partial charge in [-0.25, -0.2) is 0 Å². The molecule has 0 aliphatic rings. The molecule has 0 aliphatic carbocycles. The summed E-state index contributed by atoms with van der Waals surface area (Å²) in [6.45, 7) is 4.46. The summed E-state index contributed by atoms with van der Waals surface area (Å²) in [4.78, 5) is 4.80. The number of hydrogen-bond acceptors (Lipinski definition) is 3. The Labute approximate surface area is 90.7 Å².